The van der Waals surface area contributed by atoms with Crippen LogP contribution in [0, 0.1) is 41.5 Å². The Morgan fingerprint density at radius 3 is 1.26 bits per heavy atom. The molecule has 0 heterocycles. The molecule has 0 amide bonds. The van der Waals surface area contributed by atoms with Gasteiger partial charge in [-0.05, 0) is 87.1 Å². The van der Waals surface area contributed by atoms with Crippen molar-refractivity contribution < 1.29 is 4.74 Å². The fourth-order valence-electron chi connectivity index (χ4n) is 2.20. The van der Waals surface area contributed by atoms with Crippen molar-refractivity contribution in [1.29, 1.82) is 0 Å². The maximum atomic E-state index is 6.11. The van der Waals surface area contributed by atoms with E-state index in [2.05, 4.69) is 65.8 Å². The van der Waals surface area contributed by atoms with Gasteiger partial charge in [0.15, 0.2) is 0 Å². The van der Waals surface area contributed by atoms with Gasteiger partial charge in [-0.25, -0.2) is 0 Å². The number of aryl methyl sites for hydroxylation is 2. The topological polar surface area (TPSA) is 9.23 Å². The quantitative estimate of drug-likeness (QED) is 0.704. The third kappa shape index (κ3) is 2.51. The van der Waals surface area contributed by atoms with Gasteiger partial charge in [-0.3, -0.25) is 0 Å². The summed E-state index contributed by atoms with van der Waals surface area (Å²) in [6.07, 6.45) is 0. The number of rotatable bonds is 2. The van der Waals surface area contributed by atoms with Crippen LogP contribution in [0.4, 0.5) is 0 Å². The molecule has 0 N–H and O–H groups in total. The molecule has 0 fully saturated rings. The van der Waals surface area contributed by atoms with Gasteiger partial charge in [0.25, 0.3) is 0 Å². The van der Waals surface area contributed by atoms with Gasteiger partial charge < -0.3 is 4.74 Å². The van der Waals surface area contributed by atoms with Crippen LogP contribution in [0.5, 0.6) is 11.5 Å². The van der Waals surface area contributed by atoms with Crippen molar-refractivity contribution in [3.8, 4) is 11.5 Å². The van der Waals surface area contributed by atoms with E-state index >= 15 is 0 Å². The van der Waals surface area contributed by atoms with Crippen molar-refractivity contribution in [3.63, 3.8) is 0 Å². The first-order chi connectivity index (χ1) is 8.91. The van der Waals surface area contributed by atoms with E-state index in [-0.39, 0.29) is 0 Å². The second kappa shape index (κ2) is 5.08. The Morgan fingerprint density at radius 2 is 0.895 bits per heavy atom. The van der Waals surface area contributed by atoms with E-state index in [1.165, 1.54) is 33.4 Å². The van der Waals surface area contributed by atoms with Gasteiger partial charge in [-0.1, -0.05) is 12.1 Å². The molecular formula is C18H22O. The average molecular weight is 254 g/mol. The van der Waals surface area contributed by atoms with E-state index < -0.39 is 0 Å². The first-order valence-electron chi connectivity index (χ1n) is 6.73. The molecule has 0 aliphatic rings. The molecule has 0 spiro atoms. The largest absolute Gasteiger partial charge is 0.457 e. The van der Waals surface area contributed by atoms with E-state index in [9.17, 15) is 0 Å². The molecule has 1 heteroatoms. The monoisotopic (exact) mass is 254 g/mol. The minimum Gasteiger partial charge on any atom is -0.457 e. The summed E-state index contributed by atoms with van der Waals surface area (Å²) >= 11 is 0. The molecule has 1 nitrogen and oxygen atoms in total. The Bertz CT molecular complexity index is 569. The average Bonchev–Trinajstić information content (AvgIpc) is 2.39. The molecule has 0 saturated carbocycles. The highest BCUT2D eigenvalue weighted by Crippen LogP contribution is 2.32. The van der Waals surface area contributed by atoms with Crippen LogP contribution in [0.15, 0.2) is 24.3 Å². The van der Waals surface area contributed by atoms with Crippen LogP contribution >= 0.6 is 0 Å². The van der Waals surface area contributed by atoms with Crippen LogP contribution in [-0.4, -0.2) is 0 Å². The van der Waals surface area contributed by atoms with Crippen LogP contribution in [0.2, 0.25) is 0 Å². The predicted octanol–water partition coefficient (Wildman–Crippen LogP) is 5.33. The molecule has 0 saturated heterocycles. The Kier molecular flexibility index (Phi) is 3.66. The lowest BCUT2D eigenvalue weighted by molar-refractivity contribution is 0.474. The van der Waals surface area contributed by atoms with Gasteiger partial charge in [0.2, 0.25) is 0 Å². The lowest BCUT2D eigenvalue weighted by atomic mass is 10.0. The van der Waals surface area contributed by atoms with Crippen molar-refractivity contribution in [2.45, 2.75) is 41.5 Å². The Morgan fingerprint density at radius 1 is 0.526 bits per heavy atom. The zero-order chi connectivity index (χ0) is 14.2. The van der Waals surface area contributed by atoms with Crippen LogP contribution in [0.1, 0.15) is 33.4 Å². The number of benzene rings is 2. The molecule has 19 heavy (non-hydrogen) atoms. The second-order valence-corrected chi connectivity index (χ2v) is 5.36. The molecule has 2 aromatic carbocycles. The maximum Gasteiger partial charge on any atom is 0.130 e. The van der Waals surface area contributed by atoms with Gasteiger partial charge >= 0.3 is 0 Å². The van der Waals surface area contributed by atoms with Gasteiger partial charge in [-0.2, -0.15) is 0 Å². The van der Waals surface area contributed by atoms with Crippen LogP contribution in [-0.2, 0) is 0 Å². The van der Waals surface area contributed by atoms with Gasteiger partial charge in [-0.15, -0.1) is 0 Å². The SMILES string of the molecule is Cc1ccc(Oc2ccc(C)c(C)c2C)c(C)c1C. The maximum absolute atomic E-state index is 6.11. The standard InChI is InChI=1S/C18H22O/c1-11-7-9-17(15(5)13(11)3)19-18-10-8-12(2)14(4)16(18)6/h7-10H,1-6H3. The summed E-state index contributed by atoms with van der Waals surface area (Å²) in [6.45, 7) is 12.8. The molecule has 0 aromatic heterocycles. The van der Waals surface area contributed by atoms with E-state index in [1.807, 2.05) is 0 Å². The molecule has 0 unspecified atom stereocenters. The first kappa shape index (κ1) is 13.7. The van der Waals surface area contributed by atoms with Crippen molar-refractivity contribution in [1.82, 2.24) is 0 Å². The molecule has 0 bridgehead atoms. The van der Waals surface area contributed by atoms with Gasteiger partial charge in [0.05, 0.1) is 0 Å². The molecular weight excluding hydrogens is 232 g/mol. The third-order valence-electron chi connectivity index (χ3n) is 4.24. The summed E-state index contributed by atoms with van der Waals surface area (Å²) in [5.41, 5.74) is 7.66. The van der Waals surface area contributed by atoms with Crippen LogP contribution in [0.3, 0.4) is 0 Å². The lowest BCUT2D eigenvalue weighted by Crippen LogP contribution is -1.96. The summed E-state index contributed by atoms with van der Waals surface area (Å²) in [5.74, 6) is 1.91. The van der Waals surface area contributed by atoms with Crippen molar-refractivity contribution in [3.05, 3.63) is 57.6 Å². The number of hydrogen-bond acceptors (Lipinski definition) is 1. The van der Waals surface area contributed by atoms with Gasteiger partial charge in [0, 0.05) is 0 Å². The summed E-state index contributed by atoms with van der Waals surface area (Å²) < 4.78 is 6.11. The molecule has 2 rings (SSSR count). The normalized spacial score (nSPS) is 10.6. The zero-order valence-corrected chi connectivity index (χ0v) is 12.7. The first-order valence-corrected chi connectivity index (χ1v) is 6.73. The van der Waals surface area contributed by atoms with Crippen molar-refractivity contribution in [2.75, 3.05) is 0 Å². The Hall–Kier alpha value is -1.76. The van der Waals surface area contributed by atoms with Crippen LogP contribution < -0.4 is 4.74 Å². The molecule has 0 radical (unpaired) electrons. The molecule has 0 aliphatic heterocycles. The summed E-state index contributed by atoms with van der Waals surface area (Å²) in [6, 6.07) is 8.36. The zero-order valence-electron chi connectivity index (χ0n) is 12.7. The van der Waals surface area contributed by atoms with Gasteiger partial charge in [0.1, 0.15) is 11.5 Å². The van der Waals surface area contributed by atoms with Crippen LogP contribution in [0.25, 0.3) is 0 Å². The van der Waals surface area contributed by atoms with E-state index in [4.69, 9.17) is 4.74 Å². The van der Waals surface area contributed by atoms with Crippen molar-refractivity contribution >= 4 is 0 Å². The minimum absolute atomic E-state index is 0.953. The Balaban J connectivity index is 2.43. The Labute approximate surface area is 116 Å². The minimum atomic E-state index is 0.953. The number of hydrogen-bond donors (Lipinski definition) is 0. The highest BCUT2D eigenvalue weighted by atomic mass is 16.5. The summed E-state index contributed by atoms with van der Waals surface area (Å²) in [5, 5.41) is 0. The lowest BCUT2D eigenvalue weighted by Gasteiger charge is -2.16. The molecule has 0 aliphatic carbocycles. The molecule has 2 aromatic rings. The fraction of sp³-hybridized carbons (Fsp3) is 0.333. The highest BCUT2D eigenvalue weighted by Gasteiger charge is 2.09. The summed E-state index contributed by atoms with van der Waals surface area (Å²) in [7, 11) is 0. The second-order valence-electron chi connectivity index (χ2n) is 5.36. The van der Waals surface area contributed by atoms with Crippen molar-refractivity contribution in [2.24, 2.45) is 0 Å². The van der Waals surface area contributed by atoms with E-state index in [1.54, 1.807) is 0 Å². The highest BCUT2D eigenvalue weighted by molar-refractivity contribution is 5.48. The summed E-state index contributed by atoms with van der Waals surface area (Å²) in [4.78, 5) is 0. The van der Waals surface area contributed by atoms with E-state index in [0.29, 0.717) is 0 Å². The fourth-order valence-corrected chi connectivity index (χ4v) is 2.20. The molecule has 0 atom stereocenters. The third-order valence-corrected chi connectivity index (χ3v) is 4.24. The smallest absolute Gasteiger partial charge is 0.130 e. The predicted molar refractivity (Wildman–Crippen MR) is 81.4 cm³/mol. The molecule has 100 valence electrons. The van der Waals surface area contributed by atoms with E-state index in [0.717, 1.165) is 11.5 Å². The number of ether oxygens (including phenoxy) is 1.